The Balaban J connectivity index is 2.70. The molecular formula is C13H15ClN2O. The lowest BCUT2D eigenvalue weighted by Crippen LogP contribution is -2.31. The van der Waals surface area contributed by atoms with E-state index < -0.39 is 5.92 Å². The Morgan fingerprint density at radius 1 is 1.59 bits per heavy atom. The van der Waals surface area contributed by atoms with Gasteiger partial charge >= 0.3 is 0 Å². The second-order valence-electron chi connectivity index (χ2n) is 3.91. The van der Waals surface area contributed by atoms with E-state index in [2.05, 4.69) is 0 Å². The minimum absolute atomic E-state index is 0.144. The molecule has 1 aromatic rings. The first-order valence-corrected chi connectivity index (χ1v) is 5.85. The molecule has 0 aliphatic heterocycles. The Morgan fingerprint density at radius 2 is 2.29 bits per heavy atom. The molecule has 0 saturated heterocycles. The summed E-state index contributed by atoms with van der Waals surface area (Å²) in [6, 6.07) is 9.37. The smallest absolute Gasteiger partial charge is 0.239 e. The molecule has 0 N–H and O–H groups in total. The Kier molecular flexibility index (Phi) is 4.99. The molecule has 0 aromatic heterocycles. The van der Waals surface area contributed by atoms with E-state index in [0.29, 0.717) is 18.0 Å². The van der Waals surface area contributed by atoms with Gasteiger partial charge in [-0.2, -0.15) is 5.26 Å². The molecule has 1 unspecified atom stereocenters. The number of hydrogen-bond donors (Lipinski definition) is 0. The molecule has 17 heavy (non-hydrogen) atoms. The molecule has 0 bridgehead atoms. The van der Waals surface area contributed by atoms with Crippen LogP contribution in [0.2, 0.25) is 5.02 Å². The maximum atomic E-state index is 11.9. The highest BCUT2D eigenvalue weighted by molar-refractivity contribution is 6.30. The van der Waals surface area contributed by atoms with Crippen LogP contribution < -0.4 is 0 Å². The van der Waals surface area contributed by atoms with Crippen molar-refractivity contribution >= 4 is 17.5 Å². The summed E-state index contributed by atoms with van der Waals surface area (Å²) in [6.07, 6.45) is 0.537. The molecule has 1 atom stereocenters. The fourth-order valence-electron chi connectivity index (χ4n) is 1.57. The third kappa shape index (κ3) is 3.76. The summed E-state index contributed by atoms with van der Waals surface area (Å²) in [7, 11) is 1.70. The van der Waals surface area contributed by atoms with Gasteiger partial charge in [0.05, 0.1) is 6.07 Å². The van der Waals surface area contributed by atoms with Gasteiger partial charge in [-0.1, -0.05) is 30.7 Å². The molecule has 1 amide bonds. The molecule has 0 saturated carbocycles. The zero-order chi connectivity index (χ0) is 12.8. The molecule has 0 spiro atoms. The number of amides is 1. The maximum absolute atomic E-state index is 11.9. The van der Waals surface area contributed by atoms with E-state index in [9.17, 15) is 4.79 Å². The SMILES string of the molecule is CCC(C#N)C(=O)N(C)Cc1cccc(Cl)c1. The van der Waals surface area contributed by atoms with E-state index >= 15 is 0 Å². The third-order valence-corrected chi connectivity index (χ3v) is 2.78. The van der Waals surface area contributed by atoms with Crippen LogP contribution in [-0.2, 0) is 11.3 Å². The number of hydrogen-bond acceptors (Lipinski definition) is 2. The van der Waals surface area contributed by atoms with Gasteiger partial charge in [0.2, 0.25) is 5.91 Å². The lowest BCUT2D eigenvalue weighted by molar-refractivity contribution is -0.133. The topological polar surface area (TPSA) is 44.1 Å². The summed E-state index contributed by atoms with van der Waals surface area (Å²) in [5, 5.41) is 9.49. The maximum Gasteiger partial charge on any atom is 0.239 e. The molecule has 90 valence electrons. The van der Waals surface area contributed by atoms with Crippen molar-refractivity contribution in [1.82, 2.24) is 4.90 Å². The minimum Gasteiger partial charge on any atom is -0.340 e. The third-order valence-electron chi connectivity index (χ3n) is 2.55. The van der Waals surface area contributed by atoms with Crippen molar-refractivity contribution in [3.05, 3.63) is 34.9 Å². The van der Waals surface area contributed by atoms with Gasteiger partial charge in [0.1, 0.15) is 5.92 Å². The normalized spacial score (nSPS) is 11.6. The first-order chi connectivity index (χ1) is 8.08. The van der Waals surface area contributed by atoms with E-state index in [0.717, 1.165) is 5.56 Å². The van der Waals surface area contributed by atoms with Crippen molar-refractivity contribution in [2.24, 2.45) is 5.92 Å². The number of carbonyl (C=O) groups excluding carboxylic acids is 1. The summed E-state index contributed by atoms with van der Waals surface area (Å²) >= 11 is 5.87. The molecule has 0 aliphatic rings. The molecule has 0 heterocycles. The average Bonchev–Trinajstić information content (AvgIpc) is 2.30. The fraction of sp³-hybridized carbons (Fsp3) is 0.385. The van der Waals surface area contributed by atoms with Crippen molar-refractivity contribution < 1.29 is 4.79 Å². The lowest BCUT2D eigenvalue weighted by atomic mass is 10.1. The number of halogens is 1. The summed E-state index contributed by atoms with van der Waals surface area (Å²) in [4.78, 5) is 13.4. The van der Waals surface area contributed by atoms with Crippen molar-refractivity contribution in [3.63, 3.8) is 0 Å². The molecule has 0 aliphatic carbocycles. The van der Waals surface area contributed by atoms with Crippen molar-refractivity contribution in [1.29, 1.82) is 5.26 Å². The number of benzene rings is 1. The Morgan fingerprint density at radius 3 is 2.82 bits per heavy atom. The molecule has 1 rings (SSSR count). The van der Waals surface area contributed by atoms with Gasteiger partial charge in [0, 0.05) is 18.6 Å². The van der Waals surface area contributed by atoms with Crippen LogP contribution in [0.4, 0.5) is 0 Å². The fourth-order valence-corrected chi connectivity index (χ4v) is 1.79. The van der Waals surface area contributed by atoms with Gasteiger partial charge in [-0.05, 0) is 24.1 Å². The van der Waals surface area contributed by atoms with Crippen molar-refractivity contribution in [2.75, 3.05) is 7.05 Å². The van der Waals surface area contributed by atoms with Gasteiger partial charge in [-0.3, -0.25) is 4.79 Å². The molecule has 3 nitrogen and oxygen atoms in total. The highest BCUT2D eigenvalue weighted by Crippen LogP contribution is 2.14. The van der Waals surface area contributed by atoms with E-state index in [1.807, 2.05) is 31.2 Å². The zero-order valence-corrected chi connectivity index (χ0v) is 10.7. The molecule has 0 radical (unpaired) electrons. The van der Waals surface area contributed by atoms with Crippen LogP contribution >= 0.6 is 11.6 Å². The Labute approximate surface area is 107 Å². The van der Waals surface area contributed by atoms with Crippen LogP contribution in [0.5, 0.6) is 0 Å². The predicted molar refractivity (Wildman–Crippen MR) is 67.3 cm³/mol. The van der Waals surface area contributed by atoms with Gasteiger partial charge in [-0.25, -0.2) is 0 Å². The highest BCUT2D eigenvalue weighted by atomic mass is 35.5. The number of carbonyl (C=O) groups is 1. The van der Waals surface area contributed by atoms with E-state index in [-0.39, 0.29) is 5.91 Å². The second-order valence-corrected chi connectivity index (χ2v) is 4.35. The van der Waals surface area contributed by atoms with Crippen LogP contribution in [0.15, 0.2) is 24.3 Å². The molecule has 1 aromatic carbocycles. The highest BCUT2D eigenvalue weighted by Gasteiger charge is 2.19. The Bertz CT molecular complexity index is 439. The van der Waals surface area contributed by atoms with Gasteiger partial charge in [-0.15, -0.1) is 0 Å². The quantitative estimate of drug-likeness (QED) is 0.825. The standard InChI is InChI=1S/C13H15ClN2O/c1-3-11(8-15)13(17)16(2)9-10-5-4-6-12(14)7-10/h4-7,11H,3,9H2,1-2H3. The van der Waals surface area contributed by atoms with Crippen molar-refractivity contribution in [3.8, 4) is 6.07 Å². The average molecular weight is 251 g/mol. The minimum atomic E-state index is -0.556. The number of rotatable bonds is 4. The molecule has 4 heteroatoms. The first-order valence-electron chi connectivity index (χ1n) is 5.47. The molecule has 0 fully saturated rings. The van der Waals surface area contributed by atoms with Crippen LogP contribution in [0.1, 0.15) is 18.9 Å². The first kappa shape index (κ1) is 13.5. The second kappa shape index (κ2) is 6.27. The van der Waals surface area contributed by atoms with E-state index in [1.165, 1.54) is 0 Å². The summed E-state index contributed by atoms with van der Waals surface area (Å²) in [5.41, 5.74) is 0.959. The lowest BCUT2D eigenvalue weighted by Gasteiger charge is -2.19. The zero-order valence-electron chi connectivity index (χ0n) is 9.98. The van der Waals surface area contributed by atoms with E-state index in [1.54, 1.807) is 18.0 Å². The predicted octanol–water partition coefficient (Wildman–Crippen LogP) is 2.85. The number of nitrogens with zero attached hydrogens (tertiary/aromatic N) is 2. The number of nitriles is 1. The largest absolute Gasteiger partial charge is 0.340 e. The van der Waals surface area contributed by atoms with Gasteiger partial charge < -0.3 is 4.90 Å². The van der Waals surface area contributed by atoms with Crippen LogP contribution in [-0.4, -0.2) is 17.9 Å². The summed E-state index contributed by atoms with van der Waals surface area (Å²) < 4.78 is 0. The Hall–Kier alpha value is -1.53. The van der Waals surface area contributed by atoms with Crippen LogP contribution in [0, 0.1) is 17.2 Å². The van der Waals surface area contributed by atoms with Crippen molar-refractivity contribution in [2.45, 2.75) is 19.9 Å². The van der Waals surface area contributed by atoms with Gasteiger partial charge in [0.15, 0.2) is 0 Å². The van der Waals surface area contributed by atoms with Crippen LogP contribution in [0.3, 0.4) is 0 Å². The monoisotopic (exact) mass is 250 g/mol. The van der Waals surface area contributed by atoms with Gasteiger partial charge in [0.25, 0.3) is 0 Å². The van der Waals surface area contributed by atoms with E-state index in [4.69, 9.17) is 16.9 Å². The summed E-state index contributed by atoms with van der Waals surface area (Å²) in [5.74, 6) is -0.700. The van der Waals surface area contributed by atoms with Crippen LogP contribution in [0.25, 0.3) is 0 Å². The summed E-state index contributed by atoms with van der Waals surface area (Å²) in [6.45, 7) is 2.30. The molecular weight excluding hydrogens is 236 g/mol.